The Morgan fingerprint density at radius 1 is 1.16 bits per heavy atom. The van der Waals surface area contributed by atoms with E-state index in [-0.39, 0.29) is 18.3 Å². The molecule has 2 N–H and O–H groups in total. The van der Waals surface area contributed by atoms with Gasteiger partial charge in [0.25, 0.3) is 0 Å². The van der Waals surface area contributed by atoms with Crippen LogP contribution in [-0.2, 0) is 14.3 Å². The first-order valence-electron chi connectivity index (χ1n) is 8.57. The summed E-state index contributed by atoms with van der Waals surface area (Å²) >= 11 is 0. The summed E-state index contributed by atoms with van der Waals surface area (Å²) in [5.74, 6) is 0.649. The minimum absolute atomic E-state index is 0. The van der Waals surface area contributed by atoms with Crippen molar-refractivity contribution in [1.82, 2.24) is 0 Å². The van der Waals surface area contributed by atoms with Crippen molar-refractivity contribution in [3.63, 3.8) is 0 Å². The summed E-state index contributed by atoms with van der Waals surface area (Å²) < 4.78 is 10.5. The molecule has 0 unspecified atom stereocenters. The van der Waals surface area contributed by atoms with Gasteiger partial charge in [-0.25, -0.2) is 4.79 Å². The second-order valence-electron chi connectivity index (χ2n) is 6.92. The summed E-state index contributed by atoms with van der Waals surface area (Å²) in [5.41, 5.74) is 7.46. The topological polar surface area (TPSA) is 78.6 Å². The molecule has 5 nitrogen and oxygen atoms in total. The summed E-state index contributed by atoms with van der Waals surface area (Å²) in [5, 5.41) is 0. The highest BCUT2D eigenvalue weighted by Crippen LogP contribution is 2.46. The number of rotatable bonds is 7. The molecule has 0 heterocycles. The molecular formula is C19H28ClNO4. The number of nitrogens with two attached hydrogens (primary N) is 1. The molecule has 6 heteroatoms. The van der Waals surface area contributed by atoms with Gasteiger partial charge < -0.3 is 15.2 Å². The Morgan fingerprint density at radius 3 is 2.28 bits per heavy atom. The van der Waals surface area contributed by atoms with E-state index < -0.39 is 24.6 Å². The molecule has 1 aromatic rings. The molecule has 1 saturated carbocycles. The van der Waals surface area contributed by atoms with Gasteiger partial charge in [0, 0.05) is 0 Å². The Hall–Kier alpha value is -1.59. The molecular weight excluding hydrogens is 342 g/mol. The van der Waals surface area contributed by atoms with E-state index in [0.717, 1.165) is 11.1 Å². The molecule has 0 amide bonds. The van der Waals surface area contributed by atoms with Gasteiger partial charge in [0.2, 0.25) is 0 Å². The van der Waals surface area contributed by atoms with Crippen molar-refractivity contribution in [3.8, 4) is 5.75 Å². The first-order valence-corrected chi connectivity index (χ1v) is 8.57. The lowest BCUT2D eigenvalue weighted by molar-refractivity contribution is -0.154. The summed E-state index contributed by atoms with van der Waals surface area (Å²) in [4.78, 5) is 23.5. The van der Waals surface area contributed by atoms with Gasteiger partial charge in [0.1, 0.15) is 11.8 Å². The average molecular weight is 370 g/mol. The van der Waals surface area contributed by atoms with E-state index in [1.165, 1.54) is 19.8 Å². The Labute approximate surface area is 155 Å². The Morgan fingerprint density at radius 2 is 1.76 bits per heavy atom. The normalized spacial score (nSPS) is 15.9. The van der Waals surface area contributed by atoms with E-state index in [1.807, 2.05) is 18.2 Å². The zero-order valence-corrected chi connectivity index (χ0v) is 16.1. The zero-order valence-electron chi connectivity index (χ0n) is 15.3. The van der Waals surface area contributed by atoms with Gasteiger partial charge in [-0.2, -0.15) is 0 Å². The molecule has 2 atom stereocenters. The van der Waals surface area contributed by atoms with Gasteiger partial charge in [-0.1, -0.05) is 39.0 Å². The molecule has 1 fully saturated rings. The molecule has 0 saturated heterocycles. The van der Waals surface area contributed by atoms with Crippen LogP contribution in [0.3, 0.4) is 0 Å². The largest absolute Gasteiger partial charge is 0.453 e. The van der Waals surface area contributed by atoms with Crippen LogP contribution < -0.4 is 10.5 Å². The lowest BCUT2D eigenvalue weighted by Gasteiger charge is -2.20. The van der Waals surface area contributed by atoms with Gasteiger partial charge >= 0.3 is 11.9 Å². The first-order chi connectivity index (χ1) is 11.3. The van der Waals surface area contributed by atoms with Crippen molar-refractivity contribution >= 4 is 24.3 Å². The number of hydrogen-bond donors (Lipinski definition) is 1. The number of esters is 2. The Balaban J connectivity index is 0.00000312. The number of carbonyl (C=O) groups is 2. The second-order valence-corrected chi connectivity index (χ2v) is 6.92. The van der Waals surface area contributed by atoms with Crippen LogP contribution in [0.25, 0.3) is 0 Å². The summed E-state index contributed by atoms with van der Waals surface area (Å²) in [6.45, 7) is 7.38. The van der Waals surface area contributed by atoms with Crippen molar-refractivity contribution < 1.29 is 19.1 Å². The van der Waals surface area contributed by atoms with Gasteiger partial charge in [-0.05, 0) is 48.6 Å². The molecule has 0 radical (unpaired) electrons. The van der Waals surface area contributed by atoms with Crippen LogP contribution in [-0.4, -0.2) is 24.6 Å². The SMILES string of the molecule is CC(C)c1cccc([C@H](C)C2CC2)c1OC(=O)COC(=O)[C@@H](C)N.Cl. The predicted octanol–water partition coefficient (Wildman–Crippen LogP) is 3.54. The second kappa shape index (κ2) is 9.20. The third kappa shape index (κ3) is 5.72. The maximum Gasteiger partial charge on any atom is 0.349 e. The fourth-order valence-electron chi connectivity index (χ4n) is 2.76. The zero-order chi connectivity index (χ0) is 17.9. The Bertz CT molecular complexity index is 611. The Kier molecular flexibility index (Phi) is 7.90. The lowest BCUT2D eigenvalue weighted by atomic mass is 9.90. The molecule has 1 aliphatic rings. The number of para-hydroxylation sites is 1. The van der Waals surface area contributed by atoms with Crippen LogP contribution >= 0.6 is 12.4 Å². The molecule has 1 aromatic carbocycles. The van der Waals surface area contributed by atoms with E-state index >= 15 is 0 Å². The molecule has 1 aliphatic carbocycles. The number of hydrogen-bond acceptors (Lipinski definition) is 5. The van der Waals surface area contributed by atoms with Gasteiger partial charge in [-0.3, -0.25) is 4.79 Å². The maximum absolute atomic E-state index is 12.1. The van der Waals surface area contributed by atoms with E-state index in [4.69, 9.17) is 15.2 Å². The third-order valence-corrected chi connectivity index (χ3v) is 4.44. The minimum atomic E-state index is -0.758. The van der Waals surface area contributed by atoms with Crippen molar-refractivity contribution in [1.29, 1.82) is 0 Å². The van der Waals surface area contributed by atoms with Crippen LogP contribution in [0.5, 0.6) is 5.75 Å². The molecule has 140 valence electrons. The molecule has 25 heavy (non-hydrogen) atoms. The van der Waals surface area contributed by atoms with Crippen LogP contribution in [0.15, 0.2) is 18.2 Å². The first kappa shape index (κ1) is 21.5. The van der Waals surface area contributed by atoms with E-state index in [9.17, 15) is 9.59 Å². The van der Waals surface area contributed by atoms with Crippen LogP contribution in [0.1, 0.15) is 63.5 Å². The number of carbonyl (C=O) groups excluding carboxylic acids is 2. The molecule has 0 aliphatic heterocycles. The van der Waals surface area contributed by atoms with Gasteiger partial charge in [-0.15, -0.1) is 12.4 Å². The summed E-state index contributed by atoms with van der Waals surface area (Å²) in [6, 6.07) is 5.25. The highest BCUT2D eigenvalue weighted by Gasteiger charge is 2.32. The summed E-state index contributed by atoms with van der Waals surface area (Å²) in [7, 11) is 0. The van der Waals surface area contributed by atoms with E-state index in [1.54, 1.807) is 0 Å². The fourth-order valence-corrected chi connectivity index (χ4v) is 2.76. The quantitative estimate of drug-likeness (QED) is 0.587. The number of benzene rings is 1. The van der Waals surface area contributed by atoms with Crippen LogP contribution in [0, 0.1) is 5.92 Å². The van der Waals surface area contributed by atoms with E-state index in [0.29, 0.717) is 17.6 Å². The predicted molar refractivity (Wildman–Crippen MR) is 99.2 cm³/mol. The lowest BCUT2D eigenvalue weighted by Crippen LogP contribution is -2.31. The maximum atomic E-state index is 12.1. The molecule has 0 bridgehead atoms. The van der Waals surface area contributed by atoms with Crippen molar-refractivity contribution in [2.75, 3.05) is 6.61 Å². The minimum Gasteiger partial charge on any atom is -0.453 e. The van der Waals surface area contributed by atoms with Crippen LogP contribution in [0.4, 0.5) is 0 Å². The van der Waals surface area contributed by atoms with Crippen molar-refractivity contribution in [2.45, 2.75) is 58.4 Å². The smallest absolute Gasteiger partial charge is 0.349 e. The molecule has 0 aromatic heterocycles. The van der Waals surface area contributed by atoms with Gasteiger partial charge in [0.15, 0.2) is 6.61 Å². The standard InChI is InChI=1S/C19H27NO4.ClH/c1-11(2)15-6-5-7-16(12(3)14-8-9-14)18(15)24-17(21)10-23-19(22)13(4)20;/h5-7,11-14H,8-10,20H2,1-4H3;1H/t12-,13-;/m1./s1. The van der Waals surface area contributed by atoms with Crippen molar-refractivity contribution in [2.24, 2.45) is 11.7 Å². The van der Waals surface area contributed by atoms with Crippen molar-refractivity contribution in [3.05, 3.63) is 29.3 Å². The summed E-state index contributed by atoms with van der Waals surface area (Å²) in [6.07, 6.45) is 2.43. The third-order valence-electron chi connectivity index (χ3n) is 4.44. The number of ether oxygens (including phenoxy) is 2. The van der Waals surface area contributed by atoms with E-state index in [2.05, 4.69) is 20.8 Å². The highest BCUT2D eigenvalue weighted by atomic mass is 35.5. The monoisotopic (exact) mass is 369 g/mol. The number of halogens is 1. The fraction of sp³-hybridized carbons (Fsp3) is 0.579. The van der Waals surface area contributed by atoms with Crippen LogP contribution in [0.2, 0.25) is 0 Å². The highest BCUT2D eigenvalue weighted by molar-refractivity contribution is 5.85. The van der Waals surface area contributed by atoms with Gasteiger partial charge in [0.05, 0.1) is 0 Å². The average Bonchev–Trinajstić information content (AvgIpc) is 3.36. The molecule has 2 rings (SSSR count). The molecule has 0 spiro atoms.